The Kier molecular flexibility index (Phi) is 3.19. The number of rotatable bonds is 3. The van der Waals surface area contributed by atoms with Gasteiger partial charge in [-0.3, -0.25) is 4.90 Å². The molecule has 0 spiro atoms. The third-order valence-electron chi connectivity index (χ3n) is 2.34. The summed E-state index contributed by atoms with van der Waals surface area (Å²) >= 11 is 5.03. The molecule has 0 amide bonds. The zero-order valence-electron chi connectivity index (χ0n) is 7.42. The predicted octanol–water partition coefficient (Wildman–Crippen LogP) is 3.21. The highest BCUT2D eigenvalue weighted by atomic mass is 79.9. The molecule has 0 N–H and O–H groups in total. The maximum atomic E-state index is 12.2. The van der Waals surface area contributed by atoms with E-state index in [1.807, 2.05) is 11.4 Å². The Hall–Kier alpha value is -0.0000000000000000833. The van der Waals surface area contributed by atoms with E-state index in [1.165, 1.54) is 4.88 Å². The first-order valence-electron chi connectivity index (χ1n) is 4.38. The second kappa shape index (κ2) is 4.24. The molecule has 0 aromatic carbocycles. The van der Waals surface area contributed by atoms with Crippen LogP contribution in [0.2, 0.25) is 0 Å². The van der Waals surface area contributed by atoms with Gasteiger partial charge in [-0.05, 0) is 22.0 Å². The van der Waals surface area contributed by atoms with Crippen molar-refractivity contribution in [2.75, 3.05) is 13.1 Å². The lowest BCUT2D eigenvalue weighted by Crippen LogP contribution is -2.48. The van der Waals surface area contributed by atoms with Gasteiger partial charge in [-0.1, -0.05) is 0 Å². The van der Waals surface area contributed by atoms with Crippen molar-refractivity contribution in [3.05, 3.63) is 20.8 Å². The summed E-state index contributed by atoms with van der Waals surface area (Å²) in [5.74, 6) is -0.404. The molecule has 1 aliphatic rings. The van der Waals surface area contributed by atoms with Crippen molar-refractivity contribution in [3.63, 3.8) is 0 Å². The van der Waals surface area contributed by atoms with E-state index in [9.17, 15) is 8.78 Å². The molecule has 0 unspecified atom stereocenters. The molecule has 1 fully saturated rings. The monoisotopic (exact) mass is 281 g/mol. The summed E-state index contributed by atoms with van der Waals surface area (Å²) in [5.41, 5.74) is 0. The van der Waals surface area contributed by atoms with Gasteiger partial charge >= 0.3 is 0 Å². The summed E-state index contributed by atoms with van der Waals surface area (Å²) in [6.45, 7) is 1.87. The van der Waals surface area contributed by atoms with Crippen LogP contribution in [0.4, 0.5) is 8.78 Å². The van der Waals surface area contributed by atoms with Crippen LogP contribution in [-0.4, -0.2) is 24.4 Å². The minimum absolute atomic E-state index is 0.404. The number of thiophene rings is 1. The summed E-state index contributed by atoms with van der Waals surface area (Å²) in [5, 5.41) is 2.01. The summed E-state index contributed by atoms with van der Waals surface area (Å²) in [4.78, 5) is 3.28. The minimum Gasteiger partial charge on any atom is -0.297 e. The molecule has 2 heterocycles. The van der Waals surface area contributed by atoms with Gasteiger partial charge in [0.2, 0.25) is 6.43 Å². The van der Waals surface area contributed by atoms with E-state index in [-0.39, 0.29) is 0 Å². The fourth-order valence-corrected chi connectivity index (χ4v) is 3.05. The van der Waals surface area contributed by atoms with E-state index >= 15 is 0 Å². The quantitative estimate of drug-likeness (QED) is 0.823. The van der Waals surface area contributed by atoms with Crippen molar-refractivity contribution < 1.29 is 8.78 Å². The Morgan fingerprint density at radius 1 is 1.57 bits per heavy atom. The van der Waals surface area contributed by atoms with Crippen LogP contribution in [0, 0.1) is 5.92 Å². The normalized spacial score (nSPS) is 18.9. The lowest BCUT2D eigenvalue weighted by Gasteiger charge is -2.38. The van der Waals surface area contributed by atoms with Crippen molar-refractivity contribution in [3.8, 4) is 0 Å². The molecule has 0 radical (unpaired) electrons. The molecule has 1 aromatic heterocycles. The lowest BCUT2D eigenvalue weighted by atomic mass is 10.0. The van der Waals surface area contributed by atoms with Gasteiger partial charge in [-0.2, -0.15) is 0 Å². The number of hydrogen-bond acceptors (Lipinski definition) is 2. The molecular weight excluding hydrogens is 272 g/mol. The largest absolute Gasteiger partial charge is 0.297 e. The van der Waals surface area contributed by atoms with Crippen molar-refractivity contribution >= 4 is 27.3 Å². The molecule has 0 saturated carbocycles. The van der Waals surface area contributed by atoms with Gasteiger partial charge in [0.1, 0.15) is 0 Å². The summed E-state index contributed by atoms with van der Waals surface area (Å²) in [6.07, 6.45) is -2.15. The van der Waals surface area contributed by atoms with Crippen LogP contribution in [0.1, 0.15) is 4.88 Å². The smallest absolute Gasteiger partial charge is 0.243 e. The van der Waals surface area contributed by atoms with Gasteiger partial charge in [-0.25, -0.2) is 8.78 Å². The van der Waals surface area contributed by atoms with Crippen molar-refractivity contribution in [2.45, 2.75) is 13.0 Å². The van der Waals surface area contributed by atoms with Crippen LogP contribution in [-0.2, 0) is 6.54 Å². The van der Waals surface area contributed by atoms with Crippen molar-refractivity contribution in [2.24, 2.45) is 5.92 Å². The van der Waals surface area contributed by atoms with E-state index in [4.69, 9.17) is 0 Å². The zero-order valence-corrected chi connectivity index (χ0v) is 9.82. The second-order valence-electron chi connectivity index (χ2n) is 3.52. The summed E-state index contributed by atoms with van der Waals surface area (Å²) < 4.78 is 25.4. The Balaban J connectivity index is 1.79. The molecular formula is C9H10BrF2NS. The highest BCUT2D eigenvalue weighted by Crippen LogP contribution is 2.27. The number of halogens is 3. The molecule has 1 saturated heterocycles. The van der Waals surface area contributed by atoms with Crippen LogP contribution >= 0.6 is 27.3 Å². The van der Waals surface area contributed by atoms with Crippen molar-refractivity contribution in [1.82, 2.24) is 4.90 Å². The molecule has 14 heavy (non-hydrogen) atoms. The van der Waals surface area contributed by atoms with E-state index in [0.717, 1.165) is 11.0 Å². The van der Waals surface area contributed by atoms with Crippen LogP contribution in [0.15, 0.2) is 15.9 Å². The molecule has 1 aliphatic heterocycles. The van der Waals surface area contributed by atoms with Gasteiger partial charge in [0.05, 0.1) is 0 Å². The summed E-state index contributed by atoms with van der Waals surface area (Å²) in [7, 11) is 0. The van der Waals surface area contributed by atoms with Crippen LogP contribution in [0.5, 0.6) is 0 Å². The van der Waals surface area contributed by atoms with E-state index < -0.39 is 12.3 Å². The van der Waals surface area contributed by atoms with Crippen LogP contribution in [0.3, 0.4) is 0 Å². The van der Waals surface area contributed by atoms with E-state index in [2.05, 4.69) is 20.8 Å². The highest BCUT2D eigenvalue weighted by molar-refractivity contribution is 9.10. The Labute approximate surface area is 93.8 Å². The van der Waals surface area contributed by atoms with E-state index in [1.54, 1.807) is 11.3 Å². The number of alkyl halides is 2. The van der Waals surface area contributed by atoms with Gasteiger partial charge in [-0.15, -0.1) is 11.3 Å². The first kappa shape index (κ1) is 10.5. The summed E-state index contributed by atoms with van der Waals surface area (Å²) in [6, 6.07) is 2.04. The molecule has 1 nitrogen and oxygen atoms in total. The lowest BCUT2D eigenvalue weighted by molar-refractivity contribution is -0.0275. The molecule has 5 heteroatoms. The first-order chi connectivity index (χ1) is 6.65. The average Bonchev–Trinajstić information content (AvgIpc) is 2.42. The van der Waals surface area contributed by atoms with Crippen molar-refractivity contribution in [1.29, 1.82) is 0 Å². The molecule has 0 bridgehead atoms. The average molecular weight is 282 g/mol. The fourth-order valence-electron chi connectivity index (χ4n) is 1.56. The maximum absolute atomic E-state index is 12.2. The third kappa shape index (κ3) is 2.32. The Morgan fingerprint density at radius 2 is 2.29 bits per heavy atom. The SMILES string of the molecule is FC(F)C1CN(Cc2cc(Br)cs2)C1. The topological polar surface area (TPSA) is 3.24 Å². The molecule has 78 valence electrons. The van der Waals surface area contributed by atoms with Gasteiger partial charge in [0.25, 0.3) is 0 Å². The zero-order chi connectivity index (χ0) is 10.1. The number of hydrogen-bond donors (Lipinski definition) is 0. The minimum atomic E-state index is -2.15. The van der Waals surface area contributed by atoms with Crippen LogP contribution in [0.25, 0.3) is 0 Å². The third-order valence-corrected chi connectivity index (χ3v) is 4.03. The first-order valence-corrected chi connectivity index (χ1v) is 6.06. The van der Waals surface area contributed by atoms with Gasteiger partial charge in [0, 0.05) is 40.3 Å². The van der Waals surface area contributed by atoms with E-state index in [0.29, 0.717) is 13.1 Å². The highest BCUT2D eigenvalue weighted by Gasteiger charge is 2.33. The molecule has 0 aliphatic carbocycles. The number of nitrogens with zero attached hydrogens (tertiary/aromatic N) is 1. The molecule has 2 rings (SSSR count). The standard InChI is InChI=1S/C9H10BrF2NS/c10-7-1-8(14-5-7)4-13-2-6(3-13)9(11)12/h1,5-6,9H,2-4H2. The number of likely N-dealkylation sites (tertiary alicyclic amines) is 1. The Morgan fingerprint density at radius 3 is 2.79 bits per heavy atom. The molecule has 1 aromatic rings. The van der Waals surface area contributed by atoms with Gasteiger partial charge in [0.15, 0.2) is 0 Å². The second-order valence-corrected chi connectivity index (χ2v) is 5.43. The fraction of sp³-hybridized carbons (Fsp3) is 0.556. The van der Waals surface area contributed by atoms with Gasteiger partial charge < -0.3 is 0 Å². The van der Waals surface area contributed by atoms with Crippen LogP contribution < -0.4 is 0 Å². The molecule has 0 atom stereocenters. The predicted molar refractivity (Wildman–Crippen MR) is 56.8 cm³/mol. The Bertz CT molecular complexity index is 310. The maximum Gasteiger partial charge on any atom is 0.243 e.